The minimum Gasteiger partial charge on any atom is -0.497 e. The predicted molar refractivity (Wildman–Crippen MR) is 134 cm³/mol. The first-order valence-corrected chi connectivity index (χ1v) is 11.4. The van der Waals surface area contributed by atoms with E-state index in [1.165, 1.54) is 6.07 Å². The van der Waals surface area contributed by atoms with Crippen molar-refractivity contribution in [2.75, 3.05) is 43.6 Å². The Morgan fingerprint density at radius 1 is 1.17 bits per heavy atom. The number of nitro groups is 1. The van der Waals surface area contributed by atoms with Crippen LogP contribution in [0.5, 0.6) is 5.75 Å². The van der Waals surface area contributed by atoms with Crippen molar-refractivity contribution in [2.24, 2.45) is 0 Å². The number of hydrogen-bond acceptors (Lipinski definition) is 8. The lowest BCUT2D eigenvalue weighted by Crippen LogP contribution is -2.35. The molecule has 1 fully saturated rings. The van der Waals surface area contributed by atoms with E-state index in [1.807, 2.05) is 24.0 Å². The van der Waals surface area contributed by atoms with Crippen molar-refractivity contribution in [2.45, 2.75) is 19.8 Å². The number of methoxy groups -OCH3 is 1. The topological polar surface area (TPSA) is 111 Å². The Morgan fingerprint density at radius 2 is 1.97 bits per heavy atom. The highest BCUT2D eigenvalue weighted by atomic mass is 16.6. The van der Waals surface area contributed by atoms with Crippen molar-refractivity contribution < 1.29 is 14.5 Å². The standard InChI is InChI=1S/C25H27N5O5/c1-4-27(2)24-15-21(17-7-5-9-20(13-17)35-3)26-29(25(24)32)23-14-18(10-11-22(23)30(33)34)28-12-6-8-19(31)16-28/h5,7,9-11,13-15H,4,6,8,12,16H2,1-3H3. The van der Waals surface area contributed by atoms with E-state index in [9.17, 15) is 19.7 Å². The molecule has 1 saturated heterocycles. The van der Waals surface area contributed by atoms with Crippen LogP contribution in [-0.4, -0.2) is 54.3 Å². The van der Waals surface area contributed by atoms with E-state index in [1.54, 1.807) is 49.4 Å². The van der Waals surface area contributed by atoms with Gasteiger partial charge in [-0.25, -0.2) is 0 Å². The minimum absolute atomic E-state index is 0.0472. The number of hydrogen-bond donors (Lipinski definition) is 0. The Bertz CT molecular complexity index is 1340. The van der Waals surface area contributed by atoms with E-state index in [0.29, 0.717) is 54.3 Å². The normalized spacial score (nSPS) is 13.6. The quantitative estimate of drug-likeness (QED) is 0.376. The second kappa shape index (κ2) is 9.96. The van der Waals surface area contributed by atoms with Crippen molar-refractivity contribution >= 4 is 22.8 Å². The van der Waals surface area contributed by atoms with E-state index in [-0.39, 0.29) is 23.7 Å². The number of aromatic nitrogens is 2. The summed E-state index contributed by atoms with van der Waals surface area (Å²) in [7, 11) is 3.34. The van der Waals surface area contributed by atoms with Gasteiger partial charge in [-0.1, -0.05) is 12.1 Å². The van der Waals surface area contributed by atoms with Crippen LogP contribution in [0, 0.1) is 10.1 Å². The molecule has 0 saturated carbocycles. The first-order chi connectivity index (χ1) is 16.8. The zero-order chi connectivity index (χ0) is 25.1. The number of rotatable bonds is 7. The first kappa shape index (κ1) is 23.9. The highest BCUT2D eigenvalue weighted by molar-refractivity contribution is 5.85. The third kappa shape index (κ3) is 4.86. The van der Waals surface area contributed by atoms with Crippen LogP contribution in [0.2, 0.25) is 0 Å². The highest BCUT2D eigenvalue weighted by Gasteiger charge is 2.24. The molecular formula is C25H27N5O5. The van der Waals surface area contributed by atoms with Crippen LogP contribution in [0.3, 0.4) is 0 Å². The molecule has 0 bridgehead atoms. The second-order valence-electron chi connectivity index (χ2n) is 8.37. The number of Topliss-reactive ketones (excluding diaryl/α,β-unsaturated/α-hetero) is 1. The fourth-order valence-corrected chi connectivity index (χ4v) is 4.10. The molecule has 10 heteroatoms. The van der Waals surface area contributed by atoms with Gasteiger partial charge in [-0.2, -0.15) is 9.78 Å². The molecule has 0 amide bonds. The molecule has 182 valence electrons. The lowest BCUT2D eigenvalue weighted by atomic mass is 10.1. The second-order valence-corrected chi connectivity index (χ2v) is 8.37. The van der Waals surface area contributed by atoms with Crippen molar-refractivity contribution in [3.05, 3.63) is 69.0 Å². The van der Waals surface area contributed by atoms with Gasteiger partial charge >= 0.3 is 0 Å². The molecule has 0 unspecified atom stereocenters. The van der Waals surface area contributed by atoms with E-state index in [2.05, 4.69) is 5.10 Å². The van der Waals surface area contributed by atoms with Gasteiger partial charge in [0.25, 0.3) is 11.2 Å². The maximum Gasteiger partial charge on any atom is 0.295 e. The summed E-state index contributed by atoms with van der Waals surface area (Å²) < 4.78 is 6.41. The van der Waals surface area contributed by atoms with Gasteiger partial charge in [0.05, 0.1) is 24.3 Å². The fourth-order valence-electron chi connectivity index (χ4n) is 4.10. The van der Waals surface area contributed by atoms with Gasteiger partial charge in [0, 0.05) is 43.9 Å². The van der Waals surface area contributed by atoms with Crippen molar-refractivity contribution in [1.29, 1.82) is 0 Å². The number of ketones is 1. The van der Waals surface area contributed by atoms with Crippen LogP contribution in [-0.2, 0) is 4.79 Å². The zero-order valence-electron chi connectivity index (χ0n) is 19.9. The maximum atomic E-state index is 13.5. The van der Waals surface area contributed by atoms with Crippen molar-refractivity contribution in [3.8, 4) is 22.7 Å². The number of carbonyl (C=O) groups excluding carboxylic acids is 1. The molecule has 0 spiro atoms. The third-order valence-electron chi connectivity index (χ3n) is 6.14. The van der Waals surface area contributed by atoms with Crippen LogP contribution >= 0.6 is 0 Å². The number of piperidine rings is 1. The van der Waals surface area contributed by atoms with Crippen LogP contribution in [0.1, 0.15) is 19.8 Å². The van der Waals surface area contributed by atoms with Crippen LogP contribution in [0.4, 0.5) is 17.1 Å². The zero-order valence-corrected chi connectivity index (χ0v) is 19.9. The van der Waals surface area contributed by atoms with E-state index < -0.39 is 10.5 Å². The van der Waals surface area contributed by atoms with Gasteiger partial charge in [0.2, 0.25) is 0 Å². The van der Waals surface area contributed by atoms with Gasteiger partial charge < -0.3 is 14.5 Å². The summed E-state index contributed by atoms with van der Waals surface area (Å²) in [5.41, 5.74) is 1.47. The van der Waals surface area contributed by atoms with E-state index in [0.717, 1.165) is 4.68 Å². The Labute approximate surface area is 202 Å². The smallest absolute Gasteiger partial charge is 0.295 e. The van der Waals surface area contributed by atoms with Crippen molar-refractivity contribution in [1.82, 2.24) is 9.78 Å². The molecule has 2 heterocycles. The number of nitrogens with zero attached hydrogens (tertiary/aromatic N) is 5. The average molecular weight is 478 g/mol. The van der Waals surface area contributed by atoms with Crippen LogP contribution in [0.25, 0.3) is 16.9 Å². The monoisotopic (exact) mass is 477 g/mol. The summed E-state index contributed by atoms with van der Waals surface area (Å²) in [6.45, 7) is 3.34. The van der Waals surface area contributed by atoms with Crippen LogP contribution < -0.4 is 20.1 Å². The summed E-state index contributed by atoms with van der Waals surface area (Å²) in [5.74, 6) is 0.730. The Kier molecular flexibility index (Phi) is 6.81. The molecule has 0 N–H and O–H groups in total. The number of anilines is 2. The minimum atomic E-state index is -0.532. The average Bonchev–Trinajstić information content (AvgIpc) is 2.88. The fraction of sp³-hybridized carbons (Fsp3) is 0.320. The third-order valence-corrected chi connectivity index (χ3v) is 6.14. The van der Waals surface area contributed by atoms with E-state index in [4.69, 9.17) is 4.74 Å². The number of nitro benzene ring substituents is 1. The van der Waals surface area contributed by atoms with Gasteiger partial charge in [-0.15, -0.1) is 0 Å². The SMILES string of the molecule is CCN(C)c1cc(-c2cccc(OC)c2)nn(-c2cc(N3CCCC(=O)C3)ccc2[N+](=O)[O-])c1=O. The summed E-state index contributed by atoms with van der Waals surface area (Å²) in [4.78, 5) is 40.6. The number of benzene rings is 2. The molecule has 1 aromatic heterocycles. The molecule has 0 atom stereocenters. The highest BCUT2D eigenvalue weighted by Crippen LogP contribution is 2.30. The first-order valence-electron chi connectivity index (χ1n) is 11.4. The van der Waals surface area contributed by atoms with Gasteiger partial charge in [0.15, 0.2) is 5.78 Å². The Morgan fingerprint density at radius 3 is 2.66 bits per heavy atom. The molecule has 2 aromatic carbocycles. The van der Waals surface area contributed by atoms with Crippen LogP contribution in [0.15, 0.2) is 53.3 Å². The van der Waals surface area contributed by atoms with Gasteiger partial charge in [0.1, 0.15) is 17.1 Å². The lowest BCUT2D eigenvalue weighted by molar-refractivity contribution is -0.384. The summed E-state index contributed by atoms with van der Waals surface area (Å²) >= 11 is 0. The predicted octanol–water partition coefficient (Wildman–Crippen LogP) is 3.44. The molecule has 3 aromatic rings. The Balaban J connectivity index is 1.95. The molecule has 10 nitrogen and oxygen atoms in total. The van der Waals surface area contributed by atoms with Gasteiger partial charge in [-0.3, -0.25) is 19.7 Å². The lowest BCUT2D eigenvalue weighted by Gasteiger charge is -2.28. The molecule has 0 radical (unpaired) electrons. The summed E-state index contributed by atoms with van der Waals surface area (Å²) in [5, 5.41) is 16.5. The largest absolute Gasteiger partial charge is 0.497 e. The molecule has 35 heavy (non-hydrogen) atoms. The van der Waals surface area contributed by atoms with Crippen molar-refractivity contribution in [3.63, 3.8) is 0 Å². The molecule has 4 rings (SSSR count). The molecular weight excluding hydrogens is 450 g/mol. The van der Waals surface area contributed by atoms with E-state index >= 15 is 0 Å². The van der Waals surface area contributed by atoms with Gasteiger partial charge in [-0.05, 0) is 43.7 Å². The number of carbonyl (C=O) groups is 1. The maximum absolute atomic E-state index is 13.5. The summed E-state index contributed by atoms with van der Waals surface area (Å²) in [6.07, 6.45) is 1.23. The number of ether oxygens (including phenoxy) is 1. The molecule has 1 aliphatic rings. The Hall–Kier alpha value is -4.21. The molecule has 0 aliphatic carbocycles. The summed E-state index contributed by atoms with van der Waals surface area (Å²) in [6, 6.07) is 13.4. The molecule has 1 aliphatic heterocycles.